The largest absolute Gasteiger partial charge is 0.126 e. The SMILES string of the molecule is CC(C)C1CCSC2=CC(C)(C)C=CC=C21. The first-order valence-corrected chi connectivity index (χ1v) is 7.23. The van der Waals surface area contributed by atoms with Gasteiger partial charge in [-0.15, -0.1) is 11.8 Å². The van der Waals surface area contributed by atoms with Crippen molar-refractivity contribution in [3.05, 3.63) is 34.8 Å². The Bertz CT molecular complexity index is 356. The van der Waals surface area contributed by atoms with Crippen LogP contribution in [0, 0.1) is 17.3 Å². The van der Waals surface area contributed by atoms with Crippen molar-refractivity contribution in [1.29, 1.82) is 0 Å². The minimum Gasteiger partial charge on any atom is -0.126 e. The Morgan fingerprint density at radius 2 is 2.12 bits per heavy atom. The van der Waals surface area contributed by atoms with Crippen LogP contribution in [0.15, 0.2) is 34.8 Å². The summed E-state index contributed by atoms with van der Waals surface area (Å²) in [4.78, 5) is 1.53. The van der Waals surface area contributed by atoms with E-state index >= 15 is 0 Å². The molecule has 1 atom stereocenters. The molecule has 0 bridgehead atoms. The van der Waals surface area contributed by atoms with E-state index in [4.69, 9.17) is 0 Å². The summed E-state index contributed by atoms with van der Waals surface area (Å²) in [5, 5.41) is 0. The predicted octanol–water partition coefficient (Wildman–Crippen LogP) is 4.80. The Hall–Kier alpha value is -0.430. The van der Waals surface area contributed by atoms with Gasteiger partial charge in [0.15, 0.2) is 0 Å². The van der Waals surface area contributed by atoms with Gasteiger partial charge in [-0.05, 0) is 29.6 Å². The van der Waals surface area contributed by atoms with E-state index in [1.165, 1.54) is 17.1 Å². The van der Waals surface area contributed by atoms with E-state index in [2.05, 4.69) is 52.0 Å². The summed E-state index contributed by atoms with van der Waals surface area (Å²) in [5.41, 5.74) is 1.78. The van der Waals surface area contributed by atoms with Crippen molar-refractivity contribution in [2.45, 2.75) is 34.1 Å². The van der Waals surface area contributed by atoms with Crippen LogP contribution in [-0.2, 0) is 0 Å². The van der Waals surface area contributed by atoms with Gasteiger partial charge in [-0.2, -0.15) is 0 Å². The fourth-order valence-corrected chi connectivity index (χ4v) is 3.89. The lowest BCUT2D eigenvalue weighted by atomic mass is 9.84. The lowest BCUT2D eigenvalue weighted by molar-refractivity contribution is 0.435. The Morgan fingerprint density at radius 3 is 2.81 bits per heavy atom. The maximum absolute atomic E-state index is 2.45. The number of hydrogen-bond acceptors (Lipinski definition) is 1. The molecule has 0 aromatic rings. The molecular weight excluding hydrogens is 212 g/mol. The first-order valence-electron chi connectivity index (χ1n) is 6.25. The van der Waals surface area contributed by atoms with Crippen molar-refractivity contribution in [2.75, 3.05) is 5.75 Å². The van der Waals surface area contributed by atoms with E-state index in [0.29, 0.717) is 0 Å². The van der Waals surface area contributed by atoms with Crippen LogP contribution in [0.4, 0.5) is 0 Å². The minimum absolute atomic E-state index is 0.208. The summed E-state index contributed by atoms with van der Waals surface area (Å²) in [6, 6.07) is 0. The molecular formula is C15H22S. The lowest BCUT2D eigenvalue weighted by Crippen LogP contribution is -2.18. The zero-order valence-corrected chi connectivity index (χ0v) is 11.6. The topological polar surface area (TPSA) is 0 Å². The average molecular weight is 234 g/mol. The van der Waals surface area contributed by atoms with E-state index in [9.17, 15) is 0 Å². The second-order valence-corrected chi connectivity index (χ2v) is 6.94. The van der Waals surface area contributed by atoms with Gasteiger partial charge >= 0.3 is 0 Å². The van der Waals surface area contributed by atoms with Crippen molar-refractivity contribution >= 4 is 11.8 Å². The molecule has 0 nitrogen and oxygen atoms in total. The van der Waals surface area contributed by atoms with Gasteiger partial charge < -0.3 is 0 Å². The third kappa shape index (κ3) is 2.45. The van der Waals surface area contributed by atoms with Crippen LogP contribution in [0.1, 0.15) is 34.1 Å². The van der Waals surface area contributed by atoms with Crippen molar-refractivity contribution < 1.29 is 0 Å². The number of hydrogen-bond donors (Lipinski definition) is 0. The molecule has 0 saturated carbocycles. The van der Waals surface area contributed by atoms with Crippen molar-refractivity contribution in [3.8, 4) is 0 Å². The van der Waals surface area contributed by atoms with Crippen molar-refractivity contribution in [3.63, 3.8) is 0 Å². The molecule has 1 saturated heterocycles. The second kappa shape index (κ2) is 4.44. The van der Waals surface area contributed by atoms with Gasteiger partial charge in [-0.3, -0.25) is 0 Å². The number of rotatable bonds is 1. The molecule has 0 aromatic heterocycles. The quantitative estimate of drug-likeness (QED) is 0.628. The van der Waals surface area contributed by atoms with Crippen LogP contribution in [0.25, 0.3) is 0 Å². The van der Waals surface area contributed by atoms with E-state index < -0.39 is 0 Å². The van der Waals surface area contributed by atoms with Crippen LogP contribution in [-0.4, -0.2) is 5.75 Å². The minimum atomic E-state index is 0.208. The summed E-state index contributed by atoms with van der Waals surface area (Å²) < 4.78 is 0. The molecule has 2 aliphatic rings. The molecule has 0 aromatic carbocycles. The monoisotopic (exact) mass is 234 g/mol. The van der Waals surface area contributed by atoms with Crippen LogP contribution >= 0.6 is 11.8 Å². The summed E-state index contributed by atoms with van der Waals surface area (Å²) in [6.45, 7) is 9.26. The molecule has 2 rings (SSSR count). The first-order chi connectivity index (χ1) is 7.49. The molecule has 16 heavy (non-hydrogen) atoms. The highest BCUT2D eigenvalue weighted by atomic mass is 32.2. The standard InChI is InChI=1S/C15H22S/c1-11(2)12-7-9-16-14-10-15(3,4)8-5-6-13(12)14/h5-6,8,10-12H,7,9H2,1-4H3. The van der Waals surface area contributed by atoms with E-state index in [1.54, 1.807) is 5.57 Å². The van der Waals surface area contributed by atoms with Crippen LogP contribution in [0.5, 0.6) is 0 Å². The van der Waals surface area contributed by atoms with E-state index in [0.717, 1.165) is 11.8 Å². The number of fused-ring (bicyclic) bond motifs is 1. The Labute approximate surface area is 104 Å². The molecule has 1 aliphatic carbocycles. The number of allylic oxidation sites excluding steroid dienone is 5. The molecule has 88 valence electrons. The van der Waals surface area contributed by atoms with Gasteiger partial charge in [-0.25, -0.2) is 0 Å². The van der Waals surface area contributed by atoms with Gasteiger partial charge in [0.25, 0.3) is 0 Å². The molecule has 1 heteroatoms. The molecule has 1 unspecified atom stereocenters. The molecule has 1 fully saturated rings. The molecule has 1 aliphatic heterocycles. The number of thioether (sulfide) groups is 1. The molecule has 0 spiro atoms. The lowest BCUT2D eigenvalue weighted by Gasteiger charge is -2.31. The third-order valence-electron chi connectivity index (χ3n) is 3.48. The zero-order chi connectivity index (χ0) is 11.8. The first kappa shape index (κ1) is 12.0. The summed E-state index contributed by atoms with van der Waals surface area (Å²) in [7, 11) is 0. The Balaban J connectivity index is 2.36. The summed E-state index contributed by atoms with van der Waals surface area (Å²) in [6.07, 6.45) is 10.7. The summed E-state index contributed by atoms with van der Waals surface area (Å²) >= 11 is 2.04. The molecule has 1 heterocycles. The normalized spacial score (nSPS) is 28.2. The van der Waals surface area contributed by atoms with Gasteiger partial charge in [0.2, 0.25) is 0 Å². The molecule has 0 radical (unpaired) electrons. The summed E-state index contributed by atoms with van der Waals surface area (Å²) in [5.74, 6) is 2.79. The van der Waals surface area contributed by atoms with Gasteiger partial charge in [-0.1, -0.05) is 52.0 Å². The molecule has 0 amide bonds. The van der Waals surface area contributed by atoms with Gasteiger partial charge in [0.1, 0.15) is 0 Å². The maximum atomic E-state index is 2.45. The zero-order valence-electron chi connectivity index (χ0n) is 10.8. The van der Waals surface area contributed by atoms with E-state index in [1.807, 2.05) is 11.8 Å². The third-order valence-corrected chi connectivity index (χ3v) is 4.58. The fourth-order valence-electron chi connectivity index (χ4n) is 2.53. The van der Waals surface area contributed by atoms with Gasteiger partial charge in [0.05, 0.1) is 0 Å². The van der Waals surface area contributed by atoms with Crippen molar-refractivity contribution in [2.24, 2.45) is 17.3 Å². The van der Waals surface area contributed by atoms with Crippen molar-refractivity contribution in [1.82, 2.24) is 0 Å². The second-order valence-electron chi connectivity index (χ2n) is 5.80. The van der Waals surface area contributed by atoms with E-state index in [-0.39, 0.29) is 5.41 Å². The highest BCUT2D eigenvalue weighted by Gasteiger charge is 2.28. The Morgan fingerprint density at radius 1 is 1.38 bits per heavy atom. The Kier molecular flexibility index (Phi) is 3.34. The van der Waals surface area contributed by atoms with Gasteiger partial charge in [0, 0.05) is 10.3 Å². The van der Waals surface area contributed by atoms with Crippen LogP contribution in [0.3, 0.4) is 0 Å². The highest BCUT2D eigenvalue weighted by molar-refractivity contribution is 8.03. The fraction of sp³-hybridized carbons (Fsp3) is 0.600. The smallest absolute Gasteiger partial charge is 0.00755 e. The highest BCUT2D eigenvalue weighted by Crippen LogP contribution is 2.44. The average Bonchev–Trinajstić information content (AvgIpc) is 2.33. The van der Waals surface area contributed by atoms with Crippen LogP contribution < -0.4 is 0 Å². The predicted molar refractivity (Wildman–Crippen MR) is 74.5 cm³/mol. The molecule has 0 N–H and O–H groups in total. The van der Waals surface area contributed by atoms with Crippen LogP contribution in [0.2, 0.25) is 0 Å². The maximum Gasteiger partial charge on any atom is 0.00755 e.